The summed E-state index contributed by atoms with van der Waals surface area (Å²) in [7, 11) is 0. The predicted molar refractivity (Wildman–Crippen MR) is 87.0 cm³/mol. The summed E-state index contributed by atoms with van der Waals surface area (Å²) in [6.45, 7) is 6.77. The third-order valence-corrected chi connectivity index (χ3v) is 3.93. The Hall–Kier alpha value is -1.51. The van der Waals surface area contributed by atoms with Gasteiger partial charge in [0.25, 0.3) is 0 Å². The fourth-order valence-electron chi connectivity index (χ4n) is 2.88. The Morgan fingerprint density at radius 2 is 2.00 bits per heavy atom. The number of unbranched alkanes of at least 4 members (excludes halogenated alkanes) is 2. The van der Waals surface area contributed by atoms with E-state index in [9.17, 15) is 0 Å². The molecule has 0 saturated heterocycles. The Labute approximate surface area is 122 Å². The van der Waals surface area contributed by atoms with Crippen LogP contribution in [0.4, 0.5) is 5.69 Å². The number of hydrogen-bond acceptors (Lipinski definition) is 2. The molecule has 1 unspecified atom stereocenters. The molecule has 0 amide bonds. The fourth-order valence-corrected chi connectivity index (χ4v) is 2.88. The minimum Gasteiger partial charge on any atom is -0.399 e. The van der Waals surface area contributed by atoms with Crippen molar-refractivity contribution in [3.05, 3.63) is 24.0 Å². The Balaban J connectivity index is 2.34. The number of aryl methyl sites for hydroxylation is 1. The van der Waals surface area contributed by atoms with Crippen molar-refractivity contribution in [1.29, 1.82) is 0 Å². The third kappa shape index (κ3) is 3.14. The van der Waals surface area contributed by atoms with Crippen molar-refractivity contribution in [1.82, 2.24) is 9.55 Å². The first kappa shape index (κ1) is 14.9. The van der Waals surface area contributed by atoms with Gasteiger partial charge in [-0.3, -0.25) is 0 Å². The molecule has 0 aliphatic carbocycles. The van der Waals surface area contributed by atoms with Gasteiger partial charge in [-0.2, -0.15) is 0 Å². The van der Waals surface area contributed by atoms with Gasteiger partial charge in [0.2, 0.25) is 0 Å². The first-order valence-electron chi connectivity index (χ1n) is 7.93. The molecule has 2 N–H and O–H groups in total. The van der Waals surface area contributed by atoms with Gasteiger partial charge < -0.3 is 10.3 Å². The van der Waals surface area contributed by atoms with E-state index in [4.69, 9.17) is 10.7 Å². The van der Waals surface area contributed by atoms with Crippen molar-refractivity contribution in [3.63, 3.8) is 0 Å². The molecule has 1 atom stereocenters. The minimum atomic E-state index is 0.511. The van der Waals surface area contributed by atoms with Crippen LogP contribution in [0.25, 0.3) is 11.0 Å². The molecular weight excluding hydrogens is 246 g/mol. The number of hydrogen-bond donors (Lipinski definition) is 1. The molecule has 0 spiro atoms. The fraction of sp³-hybridized carbons (Fsp3) is 0.588. The van der Waals surface area contributed by atoms with Crippen LogP contribution in [0.3, 0.4) is 0 Å². The van der Waals surface area contributed by atoms with E-state index < -0.39 is 0 Å². The number of imidazole rings is 1. The molecule has 20 heavy (non-hydrogen) atoms. The molecule has 0 bridgehead atoms. The molecule has 2 aromatic rings. The summed E-state index contributed by atoms with van der Waals surface area (Å²) in [4.78, 5) is 4.80. The molecule has 1 heterocycles. The molecule has 0 aliphatic heterocycles. The van der Waals surface area contributed by atoms with Crippen molar-refractivity contribution >= 4 is 16.7 Å². The van der Waals surface area contributed by atoms with Crippen LogP contribution in [-0.2, 0) is 6.42 Å². The molecule has 0 saturated carbocycles. The highest BCUT2D eigenvalue weighted by Gasteiger charge is 2.15. The summed E-state index contributed by atoms with van der Waals surface area (Å²) >= 11 is 0. The van der Waals surface area contributed by atoms with Crippen LogP contribution >= 0.6 is 0 Å². The van der Waals surface area contributed by atoms with E-state index >= 15 is 0 Å². The molecule has 1 aromatic carbocycles. The van der Waals surface area contributed by atoms with E-state index in [0.29, 0.717) is 6.04 Å². The van der Waals surface area contributed by atoms with Crippen molar-refractivity contribution in [3.8, 4) is 0 Å². The zero-order valence-electron chi connectivity index (χ0n) is 13.0. The van der Waals surface area contributed by atoms with Crippen molar-refractivity contribution < 1.29 is 0 Å². The Bertz CT molecular complexity index is 557. The van der Waals surface area contributed by atoms with Gasteiger partial charge >= 0.3 is 0 Å². The predicted octanol–water partition coefficient (Wildman–Crippen LogP) is 4.71. The van der Waals surface area contributed by atoms with Gasteiger partial charge in [0, 0.05) is 18.2 Å². The molecule has 2 rings (SSSR count). The zero-order chi connectivity index (χ0) is 14.5. The highest BCUT2D eigenvalue weighted by molar-refractivity contribution is 5.79. The van der Waals surface area contributed by atoms with Crippen LogP contribution in [0.5, 0.6) is 0 Å². The molecule has 110 valence electrons. The highest BCUT2D eigenvalue weighted by atomic mass is 15.1. The Kier molecular flexibility index (Phi) is 5.05. The van der Waals surface area contributed by atoms with Crippen molar-refractivity contribution in [2.45, 2.75) is 65.3 Å². The van der Waals surface area contributed by atoms with E-state index in [2.05, 4.69) is 31.4 Å². The number of benzene rings is 1. The van der Waals surface area contributed by atoms with E-state index in [-0.39, 0.29) is 0 Å². The zero-order valence-corrected chi connectivity index (χ0v) is 13.0. The number of rotatable bonds is 7. The number of nitrogen functional groups attached to an aromatic ring is 1. The maximum atomic E-state index is 5.88. The van der Waals surface area contributed by atoms with Crippen molar-refractivity contribution in [2.75, 3.05) is 5.73 Å². The van der Waals surface area contributed by atoms with E-state index in [0.717, 1.165) is 24.0 Å². The lowest BCUT2D eigenvalue weighted by Gasteiger charge is -2.17. The number of anilines is 1. The van der Waals surface area contributed by atoms with Crippen LogP contribution in [0.1, 0.15) is 64.7 Å². The second-order valence-corrected chi connectivity index (χ2v) is 5.74. The summed E-state index contributed by atoms with van der Waals surface area (Å²) < 4.78 is 2.42. The smallest absolute Gasteiger partial charge is 0.110 e. The topological polar surface area (TPSA) is 43.8 Å². The van der Waals surface area contributed by atoms with E-state index in [1.54, 1.807) is 0 Å². The van der Waals surface area contributed by atoms with E-state index in [1.807, 2.05) is 12.1 Å². The maximum Gasteiger partial charge on any atom is 0.110 e. The van der Waals surface area contributed by atoms with Gasteiger partial charge in [-0.25, -0.2) is 4.98 Å². The Morgan fingerprint density at radius 3 is 2.70 bits per heavy atom. The second kappa shape index (κ2) is 6.78. The quantitative estimate of drug-likeness (QED) is 0.586. The normalized spacial score (nSPS) is 12.9. The number of nitrogens with zero attached hydrogens (tertiary/aromatic N) is 2. The summed E-state index contributed by atoms with van der Waals surface area (Å²) in [5, 5.41) is 0. The molecule has 3 nitrogen and oxygen atoms in total. The number of aromatic nitrogens is 2. The SMILES string of the molecule is CCCCCC(C)n1c(CCC)nc2cc(N)ccc21. The van der Waals surface area contributed by atoms with Gasteiger partial charge in [-0.1, -0.05) is 33.1 Å². The summed E-state index contributed by atoms with van der Waals surface area (Å²) in [6, 6.07) is 6.60. The highest BCUT2D eigenvalue weighted by Crippen LogP contribution is 2.26. The monoisotopic (exact) mass is 273 g/mol. The van der Waals surface area contributed by atoms with Gasteiger partial charge in [0.05, 0.1) is 11.0 Å². The van der Waals surface area contributed by atoms with Gasteiger partial charge in [-0.15, -0.1) is 0 Å². The van der Waals surface area contributed by atoms with Crippen LogP contribution in [0, 0.1) is 0 Å². The summed E-state index contributed by atoms with van der Waals surface area (Å²) in [5.41, 5.74) is 8.94. The van der Waals surface area contributed by atoms with Crippen molar-refractivity contribution in [2.24, 2.45) is 0 Å². The first-order chi connectivity index (χ1) is 9.67. The molecule has 0 aliphatic rings. The third-order valence-electron chi connectivity index (χ3n) is 3.93. The molecule has 3 heteroatoms. The van der Waals surface area contributed by atoms with Crippen LogP contribution in [0.15, 0.2) is 18.2 Å². The first-order valence-corrected chi connectivity index (χ1v) is 7.93. The maximum absolute atomic E-state index is 5.88. The minimum absolute atomic E-state index is 0.511. The summed E-state index contributed by atoms with van der Waals surface area (Å²) in [5.74, 6) is 1.21. The van der Waals surface area contributed by atoms with Crippen LogP contribution in [-0.4, -0.2) is 9.55 Å². The lowest BCUT2D eigenvalue weighted by molar-refractivity contribution is 0.471. The Morgan fingerprint density at radius 1 is 1.20 bits per heavy atom. The second-order valence-electron chi connectivity index (χ2n) is 5.74. The standard InChI is InChI=1S/C17H27N3/c1-4-6-7-9-13(3)20-16-11-10-14(18)12-15(16)19-17(20)8-5-2/h10-13H,4-9,18H2,1-3H3. The van der Waals surface area contributed by atoms with Crippen LogP contribution in [0.2, 0.25) is 0 Å². The lowest BCUT2D eigenvalue weighted by atomic mass is 10.1. The molecule has 0 fully saturated rings. The molecule has 1 aromatic heterocycles. The van der Waals surface area contributed by atoms with Gasteiger partial charge in [0.15, 0.2) is 0 Å². The number of nitrogens with two attached hydrogens (primary N) is 1. The summed E-state index contributed by atoms with van der Waals surface area (Å²) in [6.07, 6.45) is 7.26. The van der Waals surface area contributed by atoms with Gasteiger partial charge in [-0.05, 0) is 38.0 Å². The largest absolute Gasteiger partial charge is 0.399 e. The van der Waals surface area contributed by atoms with E-state index in [1.165, 1.54) is 37.0 Å². The average molecular weight is 273 g/mol. The lowest BCUT2D eigenvalue weighted by Crippen LogP contribution is -2.09. The number of fused-ring (bicyclic) bond motifs is 1. The van der Waals surface area contributed by atoms with Gasteiger partial charge in [0.1, 0.15) is 5.82 Å². The molecule has 0 radical (unpaired) electrons. The van der Waals surface area contributed by atoms with Crippen LogP contribution < -0.4 is 5.73 Å². The molecular formula is C17H27N3. The average Bonchev–Trinajstić information content (AvgIpc) is 2.76.